The number of nitrogens with one attached hydrogen (secondary N) is 2. The normalized spacial score (nSPS) is 28.5. The number of piperidine rings is 1. The van der Waals surface area contributed by atoms with Crippen LogP contribution in [0.3, 0.4) is 0 Å². The van der Waals surface area contributed by atoms with Crippen molar-refractivity contribution in [1.82, 2.24) is 25.6 Å². The van der Waals surface area contributed by atoms with Crippen LogP contribution in [0.4, 0.5) is 0 Å². The Hall–Kier alpha value is -2.12. The molecule has 1 aliphatic carbocycles. The first-order chi connectivity index (χ1) is 11.5. The number of carbonyl (C=O) groups excluding carboxylic acids is 1. The molecule has 2 aliphatic rings. The van der Waals surface area contributed by atoms with Crippen LogP contribution < -0.4 is 16.4 Å². The minimum Gasteiger partial charge on any atom is -0.344 e. The van der Waals surface area contributed by atoms with Crippen molar-refractivity contribution in [2.75, 3.05) is 13.1 Å². The lowest BCUT2D eigenvalue weighted by Crippen LogP contribution is -2.60. The van der Waals surface area contributed by atoms with E-state index in [0.717, 1.165) is 36.9 Å². The molecular formula is C17H22N6O. The van der Waals surface area contributed by atoms with E-state index >= 15 is 0 Å². The first-order valence-corrected chi connectivity index (χ1v) is 8.41. The number of hydrogen-bond donors (Lipinski definition) is 3. The molecule has 2 fully saturated rings. The van der Waals surface area contributed by atoms with Gasteiger partial charge < -0.3 is 16.4 Å². The van der Waals surface area contributed by atoms with Crippen molar-refractivity contribution < 1.29 is 4.79 Å². The van der Waals surface area contributed by atoms with Gasteiger partial charge in [-0.2, -0.15) is 0 Å². The van der Waals surface area contributed by atoms with Crippen molar-refractivity contribution in [1.29, 1.82) is 0 Å². The summed E-state index contributed by atoms with van der Waals surface area (Å²) in [5, 5.41) is 6.69. The maximum absolute atomic E-state index is 12.7. The maximum Gasteiger partial charge on any atom is 0.240 e. The molecule has 3 heterocycles. The summed E-state index contributed by atoms with van der Waals surface area (Å²) in [5.41, 5.74) is 7.16. The molecule has 0 radical (unpaired) electrons. The molecule has 0 unspecified atom stereocenters. The second-order valence-electron chi connectivity index (χ2n) is 7.22. The van der Waals surface area contributed by atoms with Gasteiger partial charge in [-0.05, 0) is 37.8 Å². The second-order valence-corrected chi connectivity index (χ2v) is 7.22. The van der Waals surface area contributed by atoms with Crippen LogP contribution in [0.5, 0.6) is 0 Å². The summed E-state index contributed by atoms with van der Waals surface area (Å²) in [7, 11) is 0. The molecule has 7 heteroatoms. The van der Waals surface area contributed by atoms with Gasteiger partial charge in [-0.3, -0.25) is 9.78 Å². The number of nitrogens with zero attached hydrogens (tertiary/aromatic N) is 3. The summed E-state index contributed by atoms with van der Waals surface area (Å²) in [6, 6.07) is 1.94. The molecule has 1 amide bonds. The zero-order chi connectivity index (χ0) is 16.8. The van der Waals surface area contributed by atoms with Gasteiger partial charge in [0.2, 0.25) is 5.91 Å². The largest absolute Gasteiger partial charge is 0.344 e. The van der Waals surface area contributed by atoms with Gasteiger partial charge in [0, 0.05) is 30.7 Å². The van der Waals surface area contributed by atoms with Gasteiger partial charge in [0.05, 0.1) is 11.1 Å². The van der Waals surface area contributed by atoms with E-state index < -0.39 is 11.1 Å². The summed E-state index contributed by atoms with van der Waals surface area (Å²) in [6.45, 7) is 3.76. The standard InChI is InChI=1S/C17H22N6O/c1-11-8-17(10-19-9-11,23-15(24)16(18)3-4-16)12-2-5-21-14-13(12)20-6-7-22-14/h2,5-7,11,19H,3-4,8-10,18H2,1H3,(H,23,24)/t11-,17-/m0/s1. The van der Waals surface area contributed by atoms with E-state index in [2.05, 4.69) is 32.5 Å². The van der Waals surface area contributed by atoms with E-state index in [1.54, 1.807) is 18.6 Å². The maximum atomic E-state index is 12.7. The third-order valence-electron chi connectivity index (χ3n) is 5.10. The molecule has 24 heavy (non-hydrogen) atoms. The molecule has 1 saturated heterocycles. The molecule has 126 valence electrons. The highest BCUT2D eigenvalue weighted by Gasteiger charge is 2.50. The molecule has 7 nitrogen and oxygen atoms in total. The van der Waals surface area contributed by atoms with Crippen LogP contribution in [0, 0.1) is 5.92 Å². The smallest absolute Gasteiger partial charge is 0.240 e. The van der Waals surface area contributed by atoms with Crippen LogP contribution in [0.15, 0.2) is 24.7 Å². The SMILES string of the molecule is C[C@@H]1CNC[C@](NC(=O)C2(N)CC2)(c2ccnc3nccnc23)C1. The summed E-state index contributed by atoms with van der Waals surface area (Å²) in [5.74, 6) is 0.346. The topological polar surface area (TPSA) is 106 Å². The van der Waals surface area contributed by atoms with Crippen LogP contribution >= 0.6 is 0 Å². The number of carbonyl (C=O) groups is 1. The van der Waals surface area contributed by atoms with Gasteiger partial charge in [-0.15, -0.1) is 0 Å². The van der Waals surface area contributed by atoms with E-state index in [9.17, 15) is 4.79 Å². The van der Waals surface area contributed by atoms with Gasteiger partial charge in [0.1, 0.15) is 5.52 Å². The molecule has 4 N–H and O–H groups in total. The zero-order valence-corrected chi connectivity index (χ0v) is 13.7. The minimum atomic E-state index is -0.706. The highest BCUT2D eigenvalue weighted by molar-refractivity contribution is 5.90. The van der Waals surface area contributed by atoms with E-state index in [4.69, 9.17) is 5.73 Å². The lowest BCUT2D eigenvalue weighted by atomic mass is 9.78. The van der Waals surface area contributed by atoms with Crippen LogP contribution in [0.25, 0.3) is 11.2 Å². The molecule has 4 rings (SSSR count). The number of rotatable bonds is 3. The fourth-order valence-corrected chi connectivity index (χ4v) is 3.61. The lowest BCUT2D eigenvalue weighted by Gasteiger charge is -2.42. The number of nitrogens with two attached hydrogens (primary N) is 1. The third-order valence-corrected chi connectivity index (χ3v) is 5.10. The van der Waals surface area contributed by atoms with Crippen molar-refractivity contribution in [3.05, 3.63) is 30.2 Å². The predicted octanol–water partition coefficient (Wildman–Crippen LogP) is 0.457. The molecule has 2 aromatic heterocycles. The minimum absolute atomic E-state index is 0.0766. The average molecular weight is 326 g/mol. The summed E-state index contributed by atoms with van der Waals surface area (Å²) >= 11 is 0. The summed E-state index contributed by atoms with van der Waals surface area (Å²) in [4.78, 5) is 25.8. The summed E-state index contributed by atoms with van der Waals surface area (Å²) < 4.78 is 0. The third kappa shape index (κ3) is 2.53. The van der Waals surface area contributed by atoms with Crippen LogP contribution in [-0.2, 0) is 10.3 Å². The molecule has 2 atom stereocenters. The number of pyridine rings is 1. The monoisotopic (exact) mass is 326 g/mol. The van der Waals surface area contributed by atoms with Crippen molar-refractivity contribution in [2.24, 2.45) is 11.7 Å². The molecule has 0 aromatic carbocycles. The number of fused-ring (bicyclic) bond motifs is 1. The van der Waals surface area contributed by atoms with Crippen molar-refractivity contribution in [3.63, 3.8) is 0 Å². The van der Waals surface area contributed by atoms with Crippen LogP contribution in [-0.4, -0.2) is 39.5 Å². The van der Waals surface area contributed by atoms with Crippen LogP contribution in [0.2, 0.25) is 0 Å². The molecule has 1 saturated carbocycles. The highest BCUT2D eigenvalue weighted by atomic mass is 16.2. The Morgan fingerprint density at radius 3 is 2.79 bits per heavy atom. The molecule has 0 bridgehead atoms. The Balaban J connectivity index is 1.81. The van der Waals surface area contributed by atoms with Crippen molar-refractivity contribution >= 4 is 17.1 Å². The molecule has 0 spiro atoms. The van der Waals surface area contributed by atoms with Crippen molar-refractivity contribution in [2.45, 2.75) is 37.3 Å². The van der Waals surface area contributed by atoms with Gasteiger partial charge in [0.15, 0.2) is 5.65 Å². The first kappa shape index (κ1) is 15.4. The first-order valence-electron chi connectivity index (χ1n) is 8.41. The number of amides is 1. The van der Waals surface area contributed by atoms with Crippen LogP contribution in [0.1, 0.15) is 31.7 Å². The Bertz CT molecular complexity index is 784. The highest BCUT2D eigenvalue weighted by Crippen LogP contribution is 2.37. The number of aromatic nitrogens is 3. The van der Waals surface area contributed by atoms with E-state index in [1.807, 2.05) is 6.07 Å². The quantitative estimate of drug-likeness (QED) is 0.756. The summed E-state index contributed by atoms with van der Waals surface area (Å²) in [6.07, 6.45) is 7.34. The van der Waals surface area contributed by atoms with E-state index in [1.165, 1.54) is 0 Å². The van der Waals surface area contributed by atoms with Gasteiger partial charge in [-0.25, -0.2) is 9.97 Å². The Kier molecular flexibility index (Phi) is 3.51. The van der Waals surface area contributed by atoms with Gasteiger partial charge in [0.25, 0.3) is 0 Å². The Morgan fingerprint density at radius 2 is 2.04 bits per heavy atom. The fourth-order valence-electron chi connectivity index (χ4n) is 3.61. The molecule has 2 aromatic rings. The lowest BCUT2D eigenvalue weighted by molar-refractivity contribution is -0.125. The average Bonchev–Trinajstić information content (AvgIpc) is 3.33. The van der Waals surface area contributed by atoms with Crippen molar-refractivity contribution in [3.8, 4) is 0 Å². The van der Waals surface area contributed by atoms with Gasteiger partial charge >= 0.3 is 0 Å². The van der Waals surface area contributed by atoms with E-state index in [-0.39, 0.29) is 5.91 Å². The second kappa shape index (κ2) is 5.46. The molecule has 1 aliphatic heterocycles. The Labute approximate surface area is 140 Å². The Morgan fingerprint density at radius 1 is 1.29 bits per heavy atom. The number of hydrogen-bond acceptors (Lipinski definition) is 6. The fraction of sp³-hybridized carbons (Fsp3) is 0.529. The zero-order valence-electron chi connectivity index (χ0n) is 13.7. The van der Waals surface area contributed by atoms with E-state index in [0.29, 0.717) is 18.1 Å². The van der Waals surface area contributed by atoms with Gasteiger partial charge in [-0.1, -0.05) is 6.92 Å². The predicted molar refractivity (Wildman–Crippen MR) is 90.0 cm³/mol. The molecular weight excluding hydrogens is 304 g/mol.